The van der Waals surface area contributed by atoms with Crippen LogP contribution in [0.4, 0.5) is 0 Å². The summed E-state index contributed by atoms with van der Waals surface area (Å²) in [5.74, 6) is 0.538. The Morgan fingerprint density at radius 2 is 1.89 bits per heavy atom. The molecule has 4 rings (SSSR count). The minimum absolute atomic E-state index is 0.0743. The Balaban J connectivity index is 1.54. The first kappa shape index (κ1) is 18.7. The molecule has 0 aliphatic carbocycles. The molecule has 0 aromatic heterocycles. The Kier molecular flexibility index (Phi) is 5.43. The number of ketones is 1. The number of hydrogen-bond acceptors (Lipinski definition) is 5. The molecular formula is C23H24N2O3. The molecular weight excluding hydrogens is 352 g/mol. The first-order chi connectivity index (χ1) is 13.7. The van der Waals surface area contributed by atoms with Crippen molar-refractivity contribution in [3.8, 4) is 11.8 Å². The van der Waals surface area contributed by atoms with Crippen molar-refractivity contribution in [2.75, 3.05) is 20.3 Å². The van der Waals surface area contributed by atoms with Crippen LogP contribution in [0, 0.1) is 17.2 Å². The number of morpholine rings is 1. The molecule has 0 saturated carbocycles. The van der Waals surface area contributed by atoms with Gasteiger partial charge in [0.05, 0.1) is 37.5 Å². The highest BCUT2D eigenvalue weighted by Gasteiger charge is 2.41. The highest BCUT2D eigenvalue weighted by Crippen LogP contribution is 2.36. The molecule has 5 heteroatoms. The summed E-state index contributed by atoms with van der Waals surface area (Å²) in [6.45, 7) is 2.19. The SMILES string of the molecule is COc1ccc(C#N)cc1C(=O)C1CC2COCC(C1)N2Cc1ccccc1. The van der Waals surface area contributed by atoms with Crippen LogP contribution in [0.5, 0.6) is 5.75 Å². The van der Waals surface area contributed by atoms with Gasteiger partial charge in [-0.1, -0.05) is 30.3 Å². The molecule has 2 unspecified atom stereocenters. The van der Waals surface area contributed by atoms with Gasteiger partial charge in [-0.25, -0.2) is 0 Å². The van der Waals surface area contributed by atoms with Crippen molar-refractivity contribution < 1.29 is 14.3 Å². The van der Waals surface area contributed by atoms with Gasteiger partial charge < -0.3 is 9.47 Å². The minimum atomic E-state index is -0.0752. The lowest BCUT2D eigenvalue weighted by molar-refractivity contribution is -0.0873. The summed E-state index contributed by atoms with van der Waals surface area (Å²) in [5.41, 5.74) is 2.28. The molecule has 2 bridgehead atoms. The van der Waals surface area contributed by atoms with Crippen LogP contribution in [0.25, 0.3) is 0 Å². The van der Waals surface area contributed by atoms with Gasteiger partial charge in [0.2, 0.25) is 0 Å². The number of benzene rings is 2. The fourth-order valence-electron chi connectivity index (χ4n) is 4.45. The maximum absolute atomic E-state index is 13.3. The van der Waals surface area contributed by atoms with Crippen LogP contribution < -0.4 is 4.74 Å². The van der Waals surface area contributed by atoms with Crippen molar-refractivity contribution in [1.82, 2.24) is 4.90 Å². The number of carbonyl (C=O) groups is 1. The normalized spacial score (nSPS) is 24.4. The molecule has 2 fully saturated rings. The van der Waals surface area contributed by atoms with Crippen molar-refractivity contribution in [3.63, 3.8) is 0 Å². The summed E-state index contributed by atoms with van der Waals surface area (Å²) < 4.78 is 11.2. The molecule has 2 aromatic carbocycles. The monoisotopic (exact) mass is 376 g/mol. The second kappa shape index (κ2) is 8.14. The molecule has 2 aromatic rings. The van der Waals surface area contributed by atoms with E-state index in [1.807, 2.05) is 6.07 Å². The first-order valence-electron chi connectivity index (χ1n) is 9.69. The number of nitriles is 1. The summed E-state index contributed by atoms with van der Waals surface area (Å²) in [4.78, 5) is 15.8. The predicted octanol–water partition coefficient (Wildman–Crippen LogP) is 3.43. The Morgan fingerprint density at radius 3 is 2.54 bits per heavy atom. The molecule has 0 radical (unpaired) electrons. The first-order valence-corrected chi connectivity index (χ1v) is 9.69. The molecule has 144 valence electrons. The third kappa shape index (κ3) is 3.66. The van der Waals surface area contributed by atoms with Crippen molar-refractivity contribution in [2.24, 2.45) is 5.92 Å². The average molecular weight is 376 g/mol. The number of carbonyl (C=O) groups excluding carboxylic acids is 1. The second-order valence-corrected chi connectivity index (χ2v) is 7.56. The maximum Gasteiger partial charge on any atom is 0.169 e. The Morgan fingerprint density at radius 1 is 1.18 bits per heavy atom. The second-order valence-electron chi connectivity index (χ2n) is 7.56. The van der Waals surface area contributed by atoms with E-state index >= 15 is 0 Å². The van der Waals surface area contributed by atoms with E-state index in [1.165, 1.54) is 5.56 Å². The van der Waals surface area contributed by atoms with Crippen molar-refractivity contribution in [2.45, 2.75) is 31.5 Å². The van der Waals surface area contributed by atoms with E-state index in [4.69, 9.17) is 9.47 Å². The summed E-state index contributed by atoms with van der Waals surface area (Å²) >= 11 is 0. The van der Waals surface area contributed by atoms with E-state index in [1.54, 1.807) is 25.3 Å². The fraction of sp³-hybridized carbons (Fsp3) is 0.391. The van der Waals surface area contributed by atoms with E-state index in [0.29, 0.717) is 30.1 Å². The van der Waals surface area contributed by atoms with Crippen LogP contribution in [0.3, 0.4) is 0 Å². The van der Waals surface area contributed by atoms with Crippen molar-refractivity contribution in [3.05, 3.63) is 65.2 Å². The maximum atomic E-state index is 13.3. The van der Waals surface area contributed by atoms with E-state index in [2.05, 4.69) is 35.2 Å². The van der Waals surface area contributed by atoms with Gasteiger partial charge in [0, 0.05) is 24.5 Å². The van der Waals surface area contributed by atoms with E-state index < -0.39 is 0 Å². The molecule has 28 heavy (non-hydrogen) atoms. The summed E-state index contributed by atoms with van der Waals surface area (Å²) in [5, 5.41) is 9.20. The molecule has 0 spiro atoms. The highest BCUT2D eigenvalue weighted by atomic mass is 16.5. The third-order valence-electron chi connectivity index (χ3n) is 5.84. The van der Waals surface area contributed by atoms with Crippen LogP contribution >= 0.6 is 0 Å². The topological polar surface area (TPSA) is 62.6 Å². The Labute approximate surface area is 165 Å². The number of hydrogen-bond donors (Lipinski definition) is 0. The molecule has 0 amide bonds. The Hall–Kier alpha value is -2.68. The molecule has 2 aliphatic heterocycles. The number of methoxy groups -OCH3 is 1. The lowest BCUT2D eigenvalue weighted by Crippen LogP contribution is -2.57. The standard InChI is InChI=1S/C23H24N2O3/c1-27-22-8-7-17(12-24)9-21(22)23(26)18-10-19-14-28-15-20(11-18)25(19)13-16-5-3-2-4-6-16/h2-9,18-20H,10-11,13-15H2,1H3. The van der Waals surface area contributed by atoms with Crippen molar-refractivity contribution >= 4 is 5.78 Å². The number of ether oxygens (including phenoxy) is 2. The molecule has 2 aliphatic rings. The van der Waals surface area contributed by atoms with Gasteiger partial charge >= 0.3 is 0 Å². The van der Waals surface area contributed by atoms with Crippen LogP contribution in [-0.2, 0) is 11.3 Å². The van der Waals surface area contributed by atoms with Gasteiger partial charge in [0.1, 0.15) is 5.75 Å². The van der Waals surface area contributed by atoms with E-state index in [9.17, 15) is 10.1 Å². The highest BCUT2D eigenvalue weighted by molar-refractivity contribution is 6.00. The van der Waals surface area contributed by atoms with Crippen LogP contribution in [0.2, 0.25) is 0 Å². The lowest BCUT2D eigenvalue weighted by Gasteiger charge is -2.48. The zero-order valence-corrected chi connectivity index (χ0v) is 16.0. The van der Waals surface area contributed by atoms with Gasteiger partial charge in [-0.3, -0.25) is 9.69 Å². The van der Waals surface area contributed by atoms with Gasteiger partial charge in [-0.2, -0.15) is 5.26 Å². The summed E-state index contributed by atoms with van der Waals surface area (Å²) in [6, 6.07) is 18.1. The minimum Gasteiger partial charge on any atom is -0.496 e. The third-order valence-corrected chi connectivity index (χ3v) is 5.84. The van der Waals surface area contributed by atoms with Gasteiger partial charge in [0.25, 0.3) is 0 Å². The van der Waals surface area contributed by atoms with Crippen LogP contribution in [-0.4, -0.2) is 43.1 Å². The molecule has 2 saturated heterocycles. The van der Waals surface area contributed by atoms with Gasteiger partial charge in [0.15, 0.2) is 5.78 Å². The van der Waals surface area contributed by atoms with Crippen LogP contribution in [0.15, 0.2) is 48.5 Å². The number of fused-ring (bicyclic) bond motifs is 2. The number of rotatable bonds is 5. The van der Waals surface area contributed by atoms with Crippen LogP contribution in [0.1, 0.15) is 34.3 Å². The summed E-state index contributed by atoms with van der Waals surface area (Å²) in [7, 11) is 1.56. The molecule has 0 N–H and O–H groups in total. The smallest absolute Gasteiger partial charge is 0.169 e. The lowest BCUT2D eigenvalue weighted by atomic mass is 9.80. The fourth-order valence-corrected chi connectivity index (χ4v) is 4.45. The van der Waals surface area contributed by atoms with Gasteiger partial charge in [-0.15, -0.1) is 0 Å². The van der Waals surface area contributed by atoms with Crippen molar-refractivity contribution in [1.29, 1.82) is 5.26 Å². The number of piperidine rings is 1. The van der Waals surface area contributed by atoms with E-state index in [0.717, 1.165) is 19.4 Å². The zero-order valence-electron chi connectivity index (χ0n) is 16.0. The molecule has 5 nitrogen and oxygen atoms in total. The summed E-state index contributed by atoms with van der Waals surface area (Å²) in [6.07, 6.45) is 1.53. The molecule has 2 atom stereocenters. The quantitative estimate of drug-likeness (QED) is 0.748. The zero-order chi connectivity index (χ0) is 19.5. The largest absolute Gasteiger partial charge is 0.496 e. The Bertz CT molecular complexity index is 876. The predicted molar refractivity (Wildman–Crippen MR) is 105 cm³/mol. The molecule has 2 heterocycles. The van der Waals surface area contributed by atoms with Gasteiger partial charge in [-0.05, 0) is 36.6 Å². The number of nitrogens with zero attached hydrogens (tertiary/aromatic N) is 2. The average Bonchev–Trinajstić information content (AvgIpc) is 2.73. The van der Waals surface area contributed by atoms with E-state index in [-0.39, 0.29) is 23.8 Å². The number of Topliss-reactive ketones (excluding diaryl/α,β-unsaturated/α-hetero) is 1.